The zero-order valence-corrected chi connectivity index (χ0v) is 19.1. The second kappa shape index (κ2) is 9.92. The molecular weight excluding hydrogens is 465 g/mol. The molecule has 180 valence electrons. The van der Waals surface area contributed by atoms with E-state index in [1.54, 1.807) is 6.07 Å². The highest BCUT2D eigenvalue weighted by Crippen LogP contribution is 2.45. The maximum atomic E-state index is 13.5. The Labute approximate surface area is 197 Å². The Morgan fingerprint density at radius 3 is 2.56 bits per heavy atom. The van der Waals surface area contributed by atoms with Gasteiger partial charge >= 0.3 is 6.09 Å². The highest BCUT2D eigenvalue weighted by atomic mass is 32.2. The summed E-state index contributed by atoms with van der Waals surface area (Å²) in [5.41, 5.74) is 2.90. The third-order valence-electron chi connectivity index (χ3n) is 5.72. The van der Waals surface area contributed by atoms with Gasteiger partial charge in [-0.05, 0) is 66.3 Å². The van der Waals surface area contributed by atoms with Gasteiger partial charge < -0.3 is 24.7 Å². The summed E-state index contributed by atoms with van der Waals surface area (Å²) in [6.07, 6.45) is 0.650. The van der Waals surface area contributed by atoms with Gasteiger partial charge in [0.15, 0.2) is 0 Å². The Morgan fingerprint density at radius 1 is 1.26 bits per heavy atom. The van der Waals surface area contributed by atoms with E-state index in [4.69, 9.17) is 9.52 Å². The van der Waals surface area contributed by atoms with Crippen LogP contribution in [0.3, 0.4) is 0 Å². The number of rotatable bonds is 9. The number of hydrogen-bond donors (Lipinski definition) is 3. The van der Waals surface area contributed by atoms with E-state index in [1.165, 1.54) is 31.3 Å². The summed E-state index contributed by atoms with van der Waals surface area (Å²) in [5, 5.41) is 14.1. The smallest absolute Gasteiger partial charge is 0.404 e. The van der Waals surface area contributed by atoms with Crippen molar-refractivity contribution in [3.63, 3.8) is 0 Å². The first kappa shape index (κ1) is 23.9. The number of carbonyl (C=O) groups excluding carboxylic acids is 1. The largest absolute Gasteiger partial charge is 0.760 e. The average molecular weight is 489 g/mol. The number of carboxylic acid groups (broad SMARTS) is 1. The Morgan fingerprint density at radius 2 is 1.97 bits per heavy atom. The molecule has 1 saturated carbocycles. The van der Waals surface area contributed by atoms with Crippen LogP contribution in [0.15, 0.2) is 40.8 Å². The van der Waals surface area contributed by atoms with E-state index in [9.17, 15) is 22.7 Å². The summed E-state index contributed by atoms with van der Waals surface area (Å²) < 4.78 is 44.2. The highest BCUT2D eigenvalue weighted by molar-refractivity contribution is 7.76. The van der Waals surface area contributed by atoms with Gasteiger partial charge in [0.25, 0.3) is 5.91 Å². The number of benzene rings is 2. The topological polar surface area (TPSA) is 135 Å². The molecule has 4 rings (SSSR count). The van der Waals surface area contributed by atoms with Crippen molar-refractivity contribution < 1.29 is 32.3 Å². The van der Waals surface area contributed by atoms with Crippen molar-refractivity contribution in [3.8, 4) is 11.3 Å². The summed E-state index contributed by atoms with van der Waals surface area (Å²) in [4.78, 5) is 23.5. The molecule has 9 nitrogen and oxygen atoms in total. The van der Waals surface area contributed by atoms with Crippen LogP contribution in [0.1, 0.15) is 40.2 Å². The third-order valence-corrected chi connectivity index (χ3v) is 6.46. The van der Waals surface area contributed by atoms with Crippen molar-refractivity contribution in [2.45, 2.75) is 25.3 Å². The molecule has 11 heteroatoms. The number of hydrogen-bond acceptors (Lipinski definition) is 5. The molecule has 3 aromatic rings. The van der Waals surface area contributed by atoms with Gasteiger partial charge in [-0.1, -0.05) is 0 Å². The molecule has 3 N–H and O–H groups in total. The summed E-state index contributed by atoms with van der Waals surface area (Å²) in [6.45, 7) is -0.0608. The van der Waals surface area contributed by atoms with Crippen molar-refractivity contribution in [2.24, 2.45) is 0 Å². The van der Waals surface area contributed by atoms with Gasteiger partial charge in [0.05, 0.1) is 5.56 Å². The number of halogens is 1. The zero-order chi connectivity index (χ0) is 24.4. The van der Waals surface area contributed by atoms with Crippen LogP contribution in [-0.4, -0.2) is 50.3 Å². The fourth-order valence-corrected chi connectivity index (χ4v) is 4.44. The zero-order valence-electron chi connectivity index (χ0n) is 18.3. The number of nitrogens with zero attached hydrogens (tertiary/aromatic N) is 1. The number of amides is 2. The Kier molecular flexibility index (Phi) is 6.96. The minimum Gasteiger partial charge on any atom is -0.760 e. The number of carbonyl (C=O) groups is 2. The maximum Gasteiger partial charge on any atom is 0.404 e. The van der Waals surface area contributed by atoms with Gasteiger partial charge in [-0.3, -0.25) is 9.00 Å². The summed E-state index contributed by atoms with van der Waals surface area (Å²) in [5.74, 6) is -0.235. The molecule has 0 saturated heterocycles. The van der Waals surface area contributed by atoms with E-state index in [1.807, 2.05) is 6.07 Å². The van der Waals surface area contributed by atoms with Gasteiger partial charge in [0.1, 0.15) is 17.2 Å². The fraction of sp³-hybridized carbons (Fsp3) is 0.304. The Hall–Kier alpha value is -3.28. The molecular formula is C23H23FN3O6S-. The molecule has 0 spiro atoms. The van der Waals surface area contributed by atoms with Crippen LogP contribution in [0, 0.1) is 5.82 Å². The molecule has 2 aromatic carbocycles. The molecule has 1 atom stereocenters. The molecule has 0 bridgehead atoms. The van der Waals surface area contributed by atoms with E-state index in [0.717, 1.165) is 28.3 Å². The molecule has 2 amide bonds. The van der Waals surface area contributed by atoms with Crippen molar-refractivity contribution >= 4 is 34.2 Å². The van der Waals surface area contributed by atoms with Crippen LogP contribution in [0.5, 0.6) is 0 Å². The van der Waals surface area contributed by atoms with Crippen LogP contribution in [0.25, 0.3) is 22.3 Å². The SMILES string of the molecule is CNC(=O)c1c(-c2ccc(F)cc2)oc2cc(CN(CCNC(=O)O)S(=O)[O-])c(C3CC3)cc12. The molecule has 1 aromatic heterocycles. The Bertz CT molecular complexity index is 1260. The predicted octanol–water partition coefficient (Wildman–Crippen LogP) is 3.34. The second-order valence-electron chi connectivity index (χ2n) is 8.03. The first-order chi connectivity index (χ1) is 16.3. The summed E-state index contributed by atoms with van der Waals surface area (Å²) >= 11 is -2.57. The normalized spacial score (nSPS) is 14.4. The predicted molar refractivity (Wildman–Crippen MR) is 122 cm³/mol. The van der Waals surface area contributed by atoms with E-state index in [2.05, 4.69) is 10.6 Å². The second-order valence-corrected chi connectivity index (χ2v) is 8.98. The number of furan rings is 1. The van der Waals surface area contributed by atoms with E-state index in [-0.39, 0.29) is 31.5 Å². The minimum absolute atomic E-state index is 0.0288. The van der Waals surface area contributed by atoms with Crippen LogP contribution in [-0.2, 0) is 17.8 Å². The lowest BCUT2D eigenvalue weighted by Crippen LogP contribution is -2.35. The Balaban J connectivity index is 1.78. The summed E-state index contributed by atoms with van der Waals surface area (Å²) in [6, 6.07) is 9.21. The lowest BCUT2D eigenvalue weighted by atomic mass is 9.97. The van der Waals surface area contributed by atoms with Gasteiger partial charge in [-0.25, -0.2) is 13.5 Å². The van der Waals surface area contributed by atoms with Crippen molar-refractivity contribution in [1.29, 1.82) is 0 Å². The fourth-order valence-electron chi connectivity index (χ4n) is 3.95. The monoisotopic (exact) mass is 488 g/mol. The number of fused-ring (bicyclic) bond motifs is 1. The van der Waals surface area contributed by atoms with Gasteiger partial charge in [0.2, 0.25) is 0 Å². The first-order valence-corrected chi connectivity index (χ1v) is 11.7. The molecule has 1 aliphatic rings. The third kappa shape index (κ3) is 5.11. The van der Waals surface area contributed by atoms with Crippen molar-refractivity contribution in [2.75, 3.05) is 20.1 Å². The molecule has 1 unspecified atom stereocenters. The van der Waals surface area contributed by atoms with Crippen LogP contribution < -0.4 is 10.6 Å². The highest BCUT2D eigenvalue weighted by Gasteiger charge is 2.30. The molecule has 0 radical (unpaired) electrons. The van der Waals surface area contributed by atoms with Gasteiger partial charge in [0, 0.05) is 48.9 Å². The molecule has 0 aliphatic heterocycles. The van der Waals surface area contributed by atoms with Crippen molar-refractivity contribution in [1.82, 2.24) is 14.9 Å². The van der Waals surface area contributed by atoms with Crippen LogP contribution in [0.4, 0.5) is 9.18 Å². The standard InChI is InChI=1S/C23H24FN3O6S/c1-25-22(28)20-18-11-17(13-2-3-13)15(12-27(34(31)32)9-8-26-23(29)30)10-19(18)33-21(20)14-4-6-16(24)7-5-14/h4-7,10-11,13,26H,2-3,8-9,12H2,1H3,(H,25,28)(H,29,30)(H,31,32)/p-1. The van der Waals surface area contributed by atoms with E-state index >= 15 is 0 Å². The molecule has 1 fully saturated rings. The molecule has 1 heterocycles. The maximum absolute atomic E-state index is 13.5. The molecule has 34 heavy (non-hydrogen) atoms. The van der Waals surface area contributed by atoms with E-state index < -0.39 is 23.2 Å². The van der Waals surface area contributed by atoms with Crippen molar-refractivity contribution in [3.05, 3.63) is 58.9 Å². The lowest BCUT2D eigenvalue weighted by molar-refractivity contribution is 0.0964. The molecule has 1 aliphatic carbocycles. The summed E-state index contributed by atoms with van der Waals surface area (Å²) in [7, 11) is 1.51. The quantitative estimate of drug-likeness (QED) is 0.396. The minimum atomic E-state index is -2.57. The van der Waals surface area contributed by atoms with Gasteiger partial charge in [-0.2, -0.15) is 0 Å². The average Bonchev–Trinajstić information content (AvgIpc) is 3.58. The first-order valence-electron chi connectivity index (χ1n) is 10.7. The van der Waals surface area contributed by atoms with Crippen LogP contribution >= 0.6 is 0 Å². The van der Waals surface area contributed by atoms with Gasteiger partial charge in [-0.15, -0.1) is 0 Å². The lowest BCUT2D eigenvalue weighted by Gasteiger charge is -2.25. The number of nitrogens with one attached hydrogen (secondary N) is 2. The van der Waals surface area contributed by atoms with Crippen LogP contribution in [0.2, 0.25) is 0 Å². The van der Waals surface area contributed by atoms with E-state index in [0.29, 0.717) is 27.9 Å².